The van der Waals surface area contributed by atoms with Crippen LogP contribution in [0.1, 0.15) is 22.4 Å². The monoisotopic (exact) mass is 464 g/mol. The highest BCUT2D eigenvalue weighted by Gasteiger charge is 2.13. The summed E-state index contributed by atoms with van der Waals surface area (Å²) in [5.74, 6) is 0.834. The van der Waals surface area contributed by atoms with Crippen LogP contribution in [0.15, 0.2) is 95.8 Å². The van der Waals surface area contributed by atoms with E-state index in [1.165, 1.54) is 15.6 Å². The van der Waals surface area contributed by atoms with Crippen molar-refractivity contribution in [1.29, 1.82) is 0 Å². The lowest BCUT2D eigenvalue weighted by molar-refractivity contribution is 0.244. The molecule has 0 radical (unpaired) electrons. The maximum atomic E-state index is 12.9. The maximum Gasteiger partial charge on any atom is 0.272 e. The van der Waals surface area contributed by atoms with Crippen LogP contribution in [0, 0.1) is 6.92 Å². The number of hydrogen-bond donors (Lipinski definition) is 1. The van der Waals surface area contributed by atoms with Crippen molar-refractivity contribution in [3.8, 4) is 17.0 Å². The minimum absolute atomic E-state index is 0.118. The van der Waals surface area contributed by atoms with Gasteiger partial charge in [-0.2, -0.15) is 0 Å². The number of fused-ring (bicyclic) bond motifs is 1. The lowest BCUT2D eigenvalue weighted by atomic mass is 10.1. The van der Waals surface area contributed by atoms with Gasteiger partial charge in [-0.3, -0.25) is 14.8 Å². The summed E-state index contributed by atoms with van der Waals surface area (Å²) < 4.78 is 6.80. The number of aromatic nitrogens is 3. The quantitative estimate of drug-likeness (QED) is 0.342. The first kappa shape index (κ1) is 22.6. The maximum absolute atomic E-state index is 12.9. The highest BCUT2D eigenvalue weighted by molar-refractivity contribution is 5.64. The number of hydrogen-bond acceptors (Lipinski definition) is 4. The summed E-state index contributed by atoms with van der Waals surface area (Å²) in [6.45, 7) is 4.08. The number of methoxy groups -OCH3 is 1. The van der Waals surface area contributed by atoms with Gasteiger partial charge in [0.05, 0.1) is 18.5 Å². The lowest BCUT2D eigenvalue weighted by Crippen LogP contribution is -2.25. The number of nitrogens with one attached hydrogen (secondary N) is 1. The third-order valence-corrected chi connectivity index (χ3v) is 6.03. The average Bonchev–Trinajstić information content (AvgIpc) is 3.30. The summed E-state index contributed by atoms with van der Waals surface area (Å²) in [5, 5.41) is 3.19. The van der Waals surface area contributed by atoms with Crippen molar-refractivity contribution >= 4 is 5.65 Å². The Kier molecular flexibility index (Phi) is 6.46. The van der Waals surface area contributed by atoms with Crippen molar-refractivity contribution in [3.05, 3.63) is 124 Å². The molecule has 35 heavy (non-hydrogen) atoms. The number of H-pyrrole nitrogens is 1. The summed E-state index contributed by atoms with van der Waals surface area (Å²) >= 11 is 0. The van der Waals surface area contributed by atoms with Gasteiger partial charge in [0, 0.05) is 31.8 Å². The van der Waals surface area contributed by atoms with Gasteiger partial charge in [-0.15, -0.1) is 0 Å². The van der Waals surface area contributed by atoms with E-state index in [0.29, 0.717) is 12.2 Å². The van der Waals surface area contributed by atoms with Crippen LogP contribution in [-0.2, 0) is 19.6 Å². The zero-order valence-corrected chi connectivity index (χ0v) is 19.9. The highest BCUT2D eigenvalue weighted by atomic mass is 16.5. The number of nitrogens with zero attached hydrogens (tertiary/aromatic N) is 3. The Balaban J connectivity index is 1.44. The van der Waals surface area contributed by atoms with Crippen molar-refractivity contribution in [1.82, 2.24) is 19.5 Å². The predicted octanol–water partition coefficient (Wildman–Crippen LogP) is 5.21. The first-order valence-corrected chi connectivity index (χ1v) is 11.7. The van der Waals surface area contributed by atoms with Crippen LogP contribution < -0.4 is 10.3 Å². The van der Waals surface area contributed by atoms with E-state index in [1.807, 2.05) is 48.5 Å². The van der Waals surface area contributed by atoms with E-state index in [9.17, 15) is 4.79 Å². The average molecular weight is 465 g/mol. The molecule has 2 aromatic heterocycles. The number of benzene rings is 3. The van der Waals surface area contributed by atoms with Gasteiger partial charge in [-0.25, -0.2) is 9.50 Å². The SMILES string of the molecule is COc1ccc(CN(Cc2ccccc2)Cc2cc(=O)n3[nH]c(-c4cccc(C)c4)cc3n2)cc1. The molecule has 0 fully saturated rings. The topological polar surface area (TPSA) is 62.6 Å². The first-order valence-electron chi connectivity index (χ1n) is 11.7. The molecular formula is C29H28N4O2. The minimum atomic E-state index is -0.118. The zero-order valence-electron chi connectivity index (χ0n) is 19.9. The molecule has 0 amide bonds. The molecule has 0 unspecified atom stereocenters. The molecule has 0 atom stereocenters. The molecule has 0 aliphatic heterocycles. The minimum Gasteiger partial charge on any atom is -0.497 e. The standard InChI is InChI=1S/C29H28N4O2/c1-21-7-6-10-24(15-21)27-17-28-30-25(16-29(34)33(28)31-27)20-32(18-22-8-4-3-5-9-22)19-23-11-13-26(35-2)14-12-23/h3-17,31H,18-20H2,1-2H3. The molecule has 0 aliphatic rings. The third kappa shape index (κ3) is 5.34. The van der Waals surface area contributed by atoms with E-state index in [1.54, 1.807) is 13.2 Å². The zero-order chi connectivity index (χ0) is 24.2. The Hall–Kier alpha value is -4.16. The van der Waals surface area contributed by atoms with E-state index < -0.39 is 0 Å². The van der Waals surface area contributed by atoms with Crippen LogP contribution in [0.4, 0.5) is 0 Å². The van der Waals surface area contributed by atoms with Crippen molar-refractivity contribution in [2.75, 3.05) is 7.11 Å². The van der Waals surface area contributed by atoms with Crippen LogP contribution in [0.25, 0.3) is 16.9 Å². The van der Waals surface area contributed by atoms with Gasteiger partial charge in [-0.1, -0.05) is 66.2 Å². The molecule has 0 aliphatic carbocycles. The third-order valence-electron chi connectivity index (χ3n) is 6.03. The number of aromatic amines is 1. The fourth-order valence-electron chi connectivity index (χ4n) is 4.31. The molecule has 0 saturated heterocycles. The molecular weight excluding hydrogens is 436 g/mol. The highest BCUT2D eigenvalue weighted by Crippen LogP contribution is 2.20. The molecule has 0 saturated carbocycles. The van der Waals surface area contributed by atoms with E-state index in [4.69, 9.17) is 9.72 Å². The second kappa shape index (κ2) is 9.99. The summed E-state index contributed by atoms with van der Waals surface area (Å²) in [5.41, 5.74) is 6.69. The largest absolute Gasteiger partial charge is 0.497 e. The number of aryl methyl sites for hydroxylation is 1. The Morgan fingerprint density at radius 2 is 1.60 bits per heavy atom. The first-order chi connectivity index (χ1) is 17.1. The summed E-state index contributed by atoms with van der Waals surface area (Å²) in [6, 6.07) is 30.2. The fraction of sp³-hybridized carbons (Fsp3) is 0.172. The second-order valence-corrected chi connectivity index (χ2v) is 8.80. The normalized spacial score (nSPS) is 11.3. The summed E-state index contributed by atoms with van der Waals surface area (Å²) in [7, 11) is 1.67. The van der Waals surface area contributed by atoms with E-state index in [0.717, 1.165) is 41.4 Å². The van der Waals surface area contributed by atoms with Crippen LogP contribution in [-0.4, -0.2) is 26.6 Å². The Labute approximate surface area is 204 Å². The van der Waals surface area contributed by atoms with Gasteiger partial charge in [0.2, 0.25) is 0 Å². The molecule has 6 heteroatoms. The van der Waals surface area contributed by atoms with Gasteiger partial charge in [0.25, 0.3) is 5.56 Å². The Bertz CT molecular complexity index is 1490. The van der Waals surface area contributed by atoms with Crippen LogP contribution in [0.3, 0.4) is 0 Å². The Morgan fingerprint density at radius 3 is 2.31 bits per heavy atom. The molecule has 176 valence electrons. The van der Waals surface area contributed by atoms with Gasteiger partial charge >= 0.3 is 0 Å². The molecule has 5 aromatic rings. The smallest absolute Gasteiger partial charge is 0.272 e. The van der Waals surface area contributed by atoms with Gasteiger partial charge in [0.15, 0.2) is 5.65 Å². The lowest BCUT2D eigenvalue weighted by Gasteiger charge is -2.22. The van der Waals surface area contributed by atoms with Crippen molar-refractivity contribution in [3.63, 3.8) is 0 Å². The van der Waals surface area contributed by atoms with E-state index in [-0.39, 0.29) is 5.56 Å². The molecule has 6 nitrogen and oxygen atoms in total. The van der Waals surface area contributed by atoms with Crippen molar-refractivity contribution in [2.24, 2.45) is 0 Å². The molecule has 0 spiro atoms. The molecule has 3 aromatic carbocycles. The molecule has 1 N–H and O–H groups in total. The van der Waals surface area contributed by atoms with Crippen LogP contribution >= 0.6 is 0 Å². The van der Waals surface area contributed by atoms with E-state index >= 15 is 0 Å². The van der Waals surface area contributed by atoms with Crippen molar-refractivity contribution in [2.45, 2.75) is 26.6 Å². The molecule has 5 rings (SSSR count). The summed E-state index contributed by atoms with van der Waals surface area (Å²) in [6.07, 6.45) is 0. The summed E-state index contributed by atoms with van der Waals surface area (Å²) in [4.78, 5) is 20.1. The van der Waals surface area contributed by atoms with E-state index in [2.05, 4.69) is 53.3 Å². The number of ether oxygens (including phenoxy) is 1. The molecule has 0 bridgehead atoms. The van der Waals surface area contributed by atoms with Gasteiger partial charge in [-0.05, 0) is 41.8 Å². The van der Waals surface area contributed by atoms with Crippen molar-refractivity contribution < 1.29 is 4.74 Å². The van der Waals surface area contributed by atoms with Gasteiger partial charge < -0.3 is 4.74 Å². The molecule has 2 heterocycles. The fourth-order valence-corrected chi connectivity index (χ4v) is 4.31. The Morgan fingerprint density at radius 1 is 0.857 bits per heavy atom. The number of rotatable bonds is 8. The van der Waals surface area contributed by atoms with Crippen LogP contribution in [0.2, 0.25) is 0 Å². The second-order valence-electron chi connectivity index (χ2n) is 8.80. The van der Waals surface area contributed by atoms with Gasteiger partial charge in [0.1, 0.15) is 5.75 Å². The predicted molar refractivity (Wildman–Crippen MR) is 138 cm³/mol. The van der Waals surface area contributed by atoms with Crippen LogP contribution in [0.5, 0.6) is 5.75 Å².